The van der Waals surface area contributed by atoms with E-state index in [1.807, 2.05) is 6.07 Å². The number of ether oxygens (including phenoxy) is 1. The summed E-state index contributed by atoms with van der Waals surface area (Å²) in [5.74, 6) is 1.05. The Balaban J connectivity index is 1.72. The van der Waals surface area contributed by atoms with Crippen LogP contribution in [-0.4, -0.2) is 53.6 Å². The number of rotatable bonds is 5. The number of hydrogen-bond donors (Lipinski definition) is 1. The average molecular weight is 344 g/mol. The molecule has 0 radical (unpaired) electrons. The summed E-state index contributed by atoms with van der Waals surface area (Å²) in [6.07, 6.45) is 4.21. The minimum atomic E-state index is 0.0937. The van der Waals surface area contributed by atoms with Crippen LogP contribution in [0.15, 0.2) is 29.8 Å². The molecule has 1 N–H and O–H groups in total. The van der Waals surface area contributed by atoms with Crippen LogP contribution in [0.5, 0.6) is 11.5 Å². The Labute approximate surface area is 149 Å². The second-order valence-electron chi connectivity index (χ2n) is 7.40. The number of phenolic OH excluding ortho intramolecular Hbond substituents is 1. The normalized spacial score (nSPS) is 23.5. The topological polar surface area (TPSA) is 53.0 Å². The second kappa shape index (κ2) is 7.48. The Morgan fingerprint density at radius 2 is 2.12 bits per heavy atom. The Morgan fingerprint density at radius 3 is 2.80 bits per heavy atom. The molecular formula is C20H28N2O3. The third-order valence-corrected chi connectivity index (χ3v) is 5.21. The SMILES string of the molecule is COc1ccc(CN2C[C@H]3CC[C@@H](C2)N(CC=C(C)C)C3=O)cc1O. The van der Waals surface area contributed by atoms with E-state index in [0.717, 1.165) is 44.6 Å². The number of carbonyl (C=O) groups is 1. The Hall–Kier alpha value is -2.01. The summed E-state index contributed by atoms with van der Waals surface area (Å²) in [5.41, 5.74) is 2.29. The largest absolute Gasteiger partial charge is 0.504 e. The molecule has 2 bridgehead atoms. The van der Waals surface area contributed by atoms with Gasteiger partial charge in [-0.15, -0.1) is 0 Å². The lowest BCUT2D eigenvalue weighted by Crippen LogP contribution is -2.47. The number of aromatic hydroxyl groups is 1. The number of nitrogens with zero attached hydrogens (tertiary/aromatic N) is 2. The fourth-order valence-electron chi connectivity index (χ4n) is 3.87. The summed E-state index contributed by atoms with van der Waals surface area (Å²) in [6.45, 7) is 7.30. The first kappa shape index (κ1) is 17.8. The van der Waals surface area contributed by atoms with E-state index in [4.69, 9.17) is 4.74 Å². The van der Waals surface area contributed by atoms with Crippen molar-refractivity contribution in [3.63, 3.8) is 0 Å². The van der Waals surface area contributed by atoms with Gasteiger partial charge in [0.05, 0.1) is 13.0 Å². The number of fused-ring (bicyclic) bond motifs is 4. The maximum Gasteiger partial charge on any atom is 0.227 e. The lowest BCUT2D eigenvalue weighted by molar-refractivity contribution is -0.139. The standard InChI is InChI=1S/C20H28N2O3/c1-14(2)8-9-22-17-6-5-16(20(22)24)12-21(13-17)11-15-4-7-19(25-3)18(23)10-15/h4,7-8,10,16-17,23H,5-6,9,11-13H2,1-3H3/t16-,17+/m1/s1. The molecule has 5 nitrogen and oxygen atoms in total. The van der Waals surface area contributed by atoms with Crippen LogP contribution in [0, 0.1) is 5.92 Å². The number of allylic oxidation sites excluding steroid dienone is 1. The third-order valence-electron chi connectivity index (χ3n) is 5.21. The van der Waals surface area contributed by atoms with Gasteiger partial charge in [0.25, 0.3) is 0 Å². The molecule has 0 aromatic heterocycles. The number of amides is 1. The molecule has 3 saturated heterocycles. The van der Waals surface area contributed by atoms with Gasteiger partial charge in [-0.1, -0.05) is 17.7 Å². The number of methoxy groups -OCH3 is 1. The molecule has 1 aromatic rings. The lowest BCUT2D eigenvalue weighted by Gasteiger charge is -2.35. The molecule has 4 rings (SSSR count). The molecule has 1 aromatic carbocycles. The molecule has 136 valence electrons. The molecule has 3 aliphatic rings. The van der Waals surface area contributed by atoms with E-state index < -0.39 is 0 Å². The number of benzene rings is 1. The Bertz CT molecular complexity index is 667. The zero-order valence-corrected chi connectivity index (χ0v) is 15.4. The summed E-state index contributed by atoms with van der Waals surface area (Å²) in [4.78, 5) is 17.2. The van der Waals surface area contributed by atoms with Crippen LogP contribution < -0.4 is 4.74 Å². The molecule has 0 unspecified atom stereocenters. The van der Waals surface area contributed by atoms with E-state index in [1.165, 1.54) is 5.57 Å². The van der Waals surface area contributed by atoms with Crippen LogP contribution in [0.3, 0.4) is 0 Å². The first-order valence-electron chi connectivity index (χ1n) is 9.00. The molecule has 25 heavy (non-hydrogen) atoms. The van der Waals surface area contributed by atoms with Gasteiger partial charge in [-0.05, 0) is 44.4 Å². The summed E-state index contributed by atoms with van der Waals surface area (Å²) in [5, 5.41) is 9.99. The van der Waals surface area contributed by atoms with E-state index in [1.54, 1.807) is 19.2 Å². The van der Waals surface area contributed by atoms with E-state index in [-0.39, 0.29) is 17.7 Å². The molecule has 3 aliphatic heterocycles. The fourth-order valence-corrected chi connectivity index (χ4v) is 3.87. The van der Waals surface area contributed by atoms with Gasteiger partial charge in [-0.3, -0.25) is 9.69 Å². The van der Waals surface area contributed by atoms with Gasteiger partial charge < -0.3 is 14.7 Å². The van der Waals surface area contributed by atoms with Crippen molar-refractivity contribution in [2.24, 2.45) is 5.92 Å². The maximum absolute atomic E-state index is 12.8. The monoisotopic (exact) mass is 344 g/mol. The number of carbonyl (C=O) groups excluding carboxylic acids is 1. The zero-order chi connectivity index (χ0) is 18.0. The average Bonchev–Trinajstić information content (AvgIpc) is 2.83. The number of phenols is 1. The minimum Gasteiger partial charge on any atom is -0.504 e. The highest BCUT2D eigenvalue weighted by Crippen LogP contribution is 2.31. The van der Waals surface area contributed by atoms with Crippen molar-refractivity contribution in [3.05, 3.63) is 35.4 Å². The van der Waals surface area contributed by atoms with Gasteiger partial charge in [0.1, 0.15) is 0 Å². The molecule has 0 spiro atoms. The quantitative estimate of drug-likeness (QED) is 0.835. The van der Waals surface area contributed by atoms with Crippen LogP contribution in [0.1, 0.15) is 32.3 Å². The van der Waals surface area contributed by atoms with E-state index in [2.05, 4.69) is 29.7 Å². The fraction of sp³-hybridized carbons (Fsp3) is 0.550. The third kappa shape index (κ3) is 3.98. The summed E-state index contributed by atoms with van der Waals surface area (Å²) < 4.78 is 5.11. The number of hydrogen-bond acceptors (Lipinski definition) is 4. The minimum absolute atomic E-state index is 0.0937. The molecule has 3 heterocycles. The molecule has 0 aliphatic carbocycles. The Kier molecular flexibility index (Phi) is 5.33. The van der Waals surface area contributed by atoms with Crippen LogP contribution in [-0.2, 0) is 11.3 Å². The van der Waals surface area contributed by atoms with Crippen molar-refractivity contribution in [2.75, 3.05) is 26.7 Å². The van der Waals surface area contributed by atoms with Crippen molar-refractivity contribution in [1.29, 1.82) is 0 Å². The van der Waals surface area contributed by atoms with Gasteiger partial charge in [-0.25, -0.2) is 0 Å². The zero-order valence-electron chi connectivity index (χ0n) is 15.4. The van der Waals surface area contributed by atoms with E-state index >= 15 is 0 Å². The lowest BCUT2D eigenvalue weighted by atomic mass is 9.94. The van der Waals surface area contributed by atoms with Crippen molar-refractivity contribution in [3.8, 4) is 11.5 Å². The summed E-state index contributed by atoms with van der Waals surface area (Å²) in [6, 6.07) is 5.82. The number of piperidine rings is 1. The van der Waals surface area contributed by atoms with E-state index in [0.29, 0.717) is 11.7 Å². The summed E-state index contributed by atoms with van der Waals surface area (Å²) >= 11 is 0. The smallest absolute Gasteiger partial charge is 0.227 e. The highest BCUT2D eigenvalue weighted by atomic mass is 16.5. The van der Waals surface area contributed by atoms with Crippen LogP contribution in [0.2, 0.25) is 0 Å². The first-order valence-corrected chi connectivity index (χ1v) is 9.00. The van der Waals surface area contributed by atoms with Crippen molar-refractivity contribution >= 4 is 5.91 Å². The summed E-state index contributed by atoms with van der Waals surface area (Å²) in [7, 11) is 1.55. The van der Waals surface area contributed by atoms with Gasteiger partial charge in [0.15, 0.2) is 11.5 Å². The highest BCUT2D eigenvalue weighted by Gasteiger charge is 2.39. The second-order valence-corrected chi connectivity index (χ2v) is 7.40. The van der Waals surface area contributed by atoms with Gasteiger partial charge >= 0.3 is 0 Å². The van der Waals surface area contributed by atoms with E-state index in [9.17, 15) is 9.90 Å². The predicted molar refractivity (Wildman–Crippen MR) is 97.6 cm³/mol. The Morgan fingerprint density at radius 1 is 1.32 bits per heavy atom. The van der Waals surface area contributed by atoms with Gasteiger partial charge in [-0.2, -0.15) is 0 Å². The van der Waals surface area contributed by atoms with Crippen LogP contribution in [0.25, 0.3) is 0 Å². The first-order chi connectivity index (χ1) is 12.0. The predicted octanol–water partition coefficient (Wildman–Crippen LogP) is 2.79. The van der Waals surface area contributed by atoms with Gasteiger partial charge in [0.2, 0.25) is 5.91 Å². The highest BCUT2D eigenvalue weighted by molar-refractivity contribution is 5.80. The molecule has 3 fully saturated rings. The van der Waals surface area contributed by atoms with Crippen LogP contribution in [0.4, 0.5) is 0 Å². The maximum atomic E-state index is 12.8. The van der Waals surface area contributed by atoms with Gasteiger partial charge in [0, 0.05) is 32.2 Å². The van der Waals surface area contributed by atoms with Crippen LogP contribution >= 0.6 is 0 Å². The molecular weight excluding hydrogens is 316 g/mol. The van der Waals surface area contributed by atoms with Crippen molar-refractivity contribution in [2.45, 2.75) is 39.3 Å². The molecule has 5 heteroatoms. The molecule has 1 amide bonds. The van der Waals surface area contributed by atoms with Crippen molar-refractivity contribution in [1.82, 2.24) is 9.80 Å². The molecule has 0 saturated carbocycles. The van der Waals surface area contributed by atoms with Crippen molar-refractivity contribution < 1.29 is 14.6 Å². The molecule has 2 atom stereocenters.